The number of hydrogen-bond donors (Lipinski definition) is 2. The minimum atomic E-state index is -0.250. The van der Waals surface area contributed by atoms with E-state index < -0.39 is 0 Å². The largest absolute Gasteiger partial charge is 0.483 e. The fraction of sp³-hybridized carbons (Fsp3) is 0.350. The van der Waals surface area contributed by atoms with Gasteiger partial charge in [-0.25, -0.2) is 0 Å². The van der Waals surface area contributed by atoms with E-state index in [0.29, 0.717) is 0 Å². The molecule has 1 fully saturated rings. The van der Waals surface area contributed by atoms with Crippen LogP contribution in [-0.2, 0) is 16.9 Å². The van der Waals surface area contributed by atoms with Crippen molar-refractivity contribution < 1.29 is 9.90 Å². The lowest BCUT2D eigenvalue weighted by Crippen LogP contribution is -2.49. The first kappa shape index (κ1) is 18.2. The van der Waals surface area contributed by atoms with Crippen LogP contribution in [0.3, 0.4) is 0 Å². The van der Waals surface area contributed by atoms with Crippen LogP contribution in [0.25, 0.3) is 0 Å². The molecule has 0 aromatic heterocycles. The molecule has 0 unspecified atom stereocenters. The van der Waals surface area contributed by atoms with Crippen molar-refractivity contribution in [3.05, 3.63) is 71.8 Å². The Bertz CT molecular complexity index is 594. The van der Waals surface area contributed by atoms with Crippen LogP contribution in [0, 0.1) is 0 Å². The molecule has 1 saturated heterocycles. The van der Waals surface area contributed by atoms with Gasteiger partial charge in [0.15, 0.2) is 0 Å². The molecule has 0 saturated carbocycles. The van der Waals surface area contributed by atoms with Crippen LogP contribution in [0.5, 0.6) is 0 Å². The lowest BCUT2D eigenvalue weighted by atomic mass is 9.81. The van der Waals surface area contributed by atoms with E-state index in [9.17, 15) is 0 Å². The number of rotatable bonds is 4. The molecule has 0 amide bonds. The first-order chi connectivity index (χ1) is 11.7. The number of nitrogens with zero attached hydrogens (tertiary/aromatic N) is 1. The van der Waals surface area contributed by atoms with Gasteiger partial charge in [-0.15, -0.1) is 0 Å². The third-order valence-electron chi connectivity index (χ3n) is 4.76. The number of piperidine rings is 1. The average Bonchev–Trinajstić information content (AvgIpc) is 2.65. The number of likely N-dealkylation sites (tertiary alicyclic amines) is 1. The molecule has 4 nitrogen and oxygen atoms in total. The van der Waals surface area contributed by atoms with Crippen molar-refractivity contribution in [2.24, 2.45) is 0 Å². The van der Waals surface area contributed by atoms with Crippen molar-refractivity contribution in [2.45, 2.75) is 24.9 Å². The molecular weight excluding hydrogens is 300 g/mol. The van der Waals surface area contributed by atoms with Crippen molar-refractivity contribution in [3.63, 3.8) is 0 Å². The summed E-state index contributed by atoms with van der Waals surface area (Å²) in [6.07, 6.45) is 2.33. The minimum absolute atomic E-state index is 0.147. The van der Waals surface area contributed by atoms with E-state index >= 15 is 0 Å². The summed E-state index contributed by atoms with van der Waals surface area (Å²) in [5.74, 6) is 0. The Hall–Kier alpha value is -2.17. The topological polar surface area (TPSA) is 52.6 Å². The Balaban J connectivity index is 0.000000647. The highest BCUT2D eigenvalue weighted by molar-refractivity contribution is 5.32. The van der Waals surface area contributed by atoms with Crippen molar-refractivity contribution in [1.29, 1.82) is 0 Å². The van der Waals surface area contributed by atoms with Crippen molar-refractivity contribution in [3.8, 4) is 0 Å². The predicted molar refractivity (Wildman–Crippen MR) is 96.8 cm³/mol. The molecule has 0 atom stereocenters. The van der Waals surface area contributed by atoms with E-state index in [4.69, 9.17) is 9.90 Å². The van der Waals surface area contributed by atoms with Gasteiger partial charge in [0.25, 0.3) is 6.47 Å². The molecule has 1 aliphatic rings. The number of benzene rings is 2. The Morgan fingerprint density at radius 3 is 2.04 bits per heavy atom. The lowest BCUT2D eigenvalue weighted by molar-refractivity contribution is -0.122. The highest BCUT2D eigenvalue weighted by Gasteiger charge is 2.34. The molecule has 2 aromatic carbocycles. The first-order valence-corrected chi connectivity index (χ1v) is 8.32. The fourth-order valence-corrected chi connectivity index (χ4v) is 3.37. The van der Waals surface area contributed by atoms with E-state index in [1.807, 2.05) is 0 Å². The normalized spacial score (nSPS) is 16.7. The standard InChI is InChI=1S/C19H24N2.CH2O2/c1-20-19(18-10-6-3-7-11-18)12-14-21(15-13-19)16-17-8-4-2-5-9-17;2-1-3/h2-11,20H,12-16H2,1H3;1H,(H,2,3). The zero-order chi connectivity index (χ0) is 17.3. The third-order valence-corrected chi connectivity index (χ3v) is 4.76. The molecule has 24 heavy (non-hydrogen) atoms. The van der Waals surface area contributed by atoms with Gasteiger partial charge < -0.3 is 10.4 Å². The molecule has 0 aliphatic carbocycles. The maximum atomic E-state index is 8.36. The zero-order valence-electron chi connectivity index (χ0n) is 14.2. The van der Waals surface area contributed by atoms with Crippen LogP contribution >= 0.6 is 0 Å². The summed E-state index contributed by atoms with van der Waals surface area (Å²) < 4.78 is 0. The number of nitrogens with one attached hydrogen (secondary N) is 1. The van der Waals surface area contributed by atoms with Gasteiger partial charge in [0, 0.05) is 25.2 Å². The maximum absolute atomic E-state index is 8.36. The molecule has 0 bridgehead atoms. The summed E-state index contributed by atoms with van der Waals surface area (Å²) in [5.41, 5.74) is 2.98. The molecule has 128 valence electrons. The van der Waals surface area contributed by atoms with E-state index in [1.54, 1.807) is 0 Å². The maximum Gasteiger partial charge on any atom is 0.290 e. The van der Waals surface area contributed by atoms with Crippen LogP contribution in [0.1, 0.15) is 24.0 Å². The zero-order valence-corrected chi connectivity index (χ0v) is 14.2. The molecule has 1 aliphatic heterocycles. The Kier molecular flexibility index (Phi) is 6.97. The molecule has 3 rings (SSSR count). The number of carboxylic acid groups (broad SMARTS) is 1. The molecule has 0 spiro atoms. The van der Waals surface area contributed by atoms with E-state index in [0.717, 1.165) is 19.6 Å². The van der Waals surface area contributed by atoms with Gasteiger partial charge in [-0.3, -0.25) is 9.69 Å². The van der Waals surface area contributed by atoms with Gasteiger partial charge in [0.1, 0.15) is 0 Å². The summed E-state index contributed by atoms with van der Waals surface area (Å²) in [4.78, 5) is 10.9. The highest BCUT2D eigenvalue weighted by Crippen LogP contribution is 2.32. The molecule has 2 aromatic rings. The van der Waals surface area contributed by atoms with Crippen LogP contribution < -0.4 is 5.32 Å². The molecule has 4 heteroatoms. The van der Waals surface area contributed by atoms with E-state index in [1.165, 1.54) is 24.0 Å². The summed E-state index contributed by atoms with van der Waals surface area (Å²) in [7, 11) is 2.10. The minimum Gasteiger partial charge on any atom is -0.483 e. The second-order valence-electron chi connectivity index (χ2n) is 6.07. The SMILES string of the molecule is CNC1(c2ccccc2)CCN(Cc2ccccc2)CC1.O=CO. The molecular formula is C20H26N2O2. The number of carbonyl (C=O) groups is 1. The van der Waals surface area contributed by atoms with Crippen LogP contribution in [0.15, 0.2) is 60.7 Å². The summed E-state index contributed by atoms with van der Waals surface area (Å²) in [6, 6.07) is 21.7. The average molecular weight is 326 g/mol. The van der Waals surface area contributed by atoms with E-state index in [2.05, 4.69) is 77.9 Å². The summed E-state index contributed by atoms with van der Waals surface area (Å²) >= 11 is 0. The van der Waals surface area contributed by atoms with Gasteiger partial charge in [-0.05, 0) is 31.0 Å². The highest BCUT2D eigenvalue weighted by atomic mass is 16.3. The monoisotopic (exact) mass is 326 g/mol. The van der Waals surface area contributed by atoms with Gasteiger partial charge in [0.2, 0.25) is 0 Å². The van der Waals surface area contributed by atoms with Crippen LogP contribution in [0.4, 0.5) is 0 Å². The van der Waals surface area contributed by atoms with Crippen molar-refractivity contribution in [2.75, 3.05) is 20.1 Å². The van der Waals surface area contributed by atoms with Gasteiger partial charge >= 0.3 is 0 Å². The smallest absolute Gasteiger partial charge is 0.290 e. The molecule has 2 N–H and O–H groups in total. The van der Waals surface area contributed by atoms with Gasteiger partial charge in [-0.2, -0.15) is 0 Å². The van der Waals surface area contributed by atoms with Crippen molar-refractivity contribution in [1.82, 2.24) is 10.2 Å². The summed E-state index contributed by atoms with van der Waals surface area (Å²) in [5, 5.41) is 10.5. The Morgan fingerprint density at radius 1 is 1.04 bits per heavy atom. The third kappa shape index (κ3) is 4.66. The predicted octanol–water partition coefficient (Wildman–Crippen LogP) is 3.10. The van der Waals surface area contributed by atoms with E-state index in [-0.39, 0.29) is 12.0 Å². The molecule has 0 radical (unpaired) electrons. The molecule has 1 heterocycles. The second kappa shape index (κ2) is 9.21. The first-order valence-electron chi connectivity index (χ1n) is 8.32. The summed E-state index contributed by atoms with van der Waals surface area (Å²) in [6.45, 7) is 3.10. The van der Waals surface area contributed by atoms with Crippen LogP contribution in [0.2, 0.25) is 0 Å². The fourth-order valence-electron chi connectivity index (χ4n) is 3.37. The number of hydrogen-bond acceptors (Lipinski definition) is 3. The Morgan fingerprint density at radius 2 is 1.54 bits per heavy atom. The van der Waals surface area contributed by atoms with Gasteiger partial charge in [-0.1, -0.05) is 60.7 Å². The lowest BCUT2D eigenvalue weighted by Gasteiger charge is -2.42. The van der Waals surface area contributed by atoms with Crippen LogP contribution in [-0.4, -0.2) is 36.6 Å². The van der Waals surface area contributed by atoms with Crippen molar-refractivity contribution >= 4 is 6.47 Å². The quantitative estimate of drug-likeness (QED) is 0.848. The second-order valence-corrected chi connectivity index (χ2v) is 6.07. The van der Waals surface area contributed by atoms with Gasteiger partial charge in [0.05, 0.1) is 0 Å². The Labute approximate surface area is 144 Å².